The SMILES string of the molecule is CCC(C(=O)NC(C)(C)C)N(Cc1ccccc1)C(=O)CSCc1ccccc1Cl. The van der Waals surface area contributed by atoms with E-state index in [0.717, 1.165) is 11.1 Å². The highest BCUT2D eigenvalue weighted by molar-refractivity contribution is 7.99. The second-order valence-corrected chi connectivity index (χ2v) is 9.65. The summed E-state index contributed by atoms with van der Waals surface area (Å²) >= 11 is 7.74. The van der Waals surface area contributed by atoms with E-state index in [0.29, 0.717) is 23.7 Å². The number of hydrogen-bond donors (Lipinski definition) is 1. The van der Waals surface area contributed by atoms with Gasteiger partial charge in [-0.15, -0.1) is 11.8 Å². The highest BCUT2D eigenvalue weighted by atomic mass is 35.5. The molecule has 30 heavy (non-hydrogen) atoms. The quantitative estimate of drug-likeness (QED) is 0.568. The lowest BCUT2D eigenvalue weighted by Crippen LogP contribution is -2.53. The fourth-order valence-electron chi connectivity index (χ4n) is 3.10. The van der Waals surface area contributed by atoms with Gasteiger partial charge in [0.05, 0.1) is 5.75 Å². The molecule has 1 unspecified atom stereocenters. The Morgan fingerprint density at radius 3 is 2.30 bits per heavy atom. The van der Waals surface area contributed by atoms with E-state index in [1.165, 1.54) is 11.8 Å². The fraction of sp³-hybridized carbons (Fsp3) is 0.417. The molecule has 0 heterocycles. The van der Waals surface area contributed by atoms with Gasteiger partial charge in [0.25, 0.3) is 0 Å². The molecule has 1 atom stereocenters. The van der Waals surface area contributed by atoms with E-state index in [2.05, 4.69) is 5.32 Å². The van der Waals surface area contributed by atoms with E-state index in [1.807, 2.05) is 82.3 Å². The molecule has 0 saturated heterocycles. The number of thioether (sulfide) groups is 1. The first kappa shape index (κ1) is 24.3. The summed E-state index contributed by atoms with van der Waals surface area (Å²) in [6, 6.07) is 16.9. The van der Waals surface area contributed by atoms with E-state index < -0.39 is 6.04 Å². The van der Waals surface area contributed by atoms with Gasteiger partial charge in [0.2, 0.25) is 11.8 Å². The van der Waals surface area contributed by atoms with Crippen LogP contribution in [0, 0.1) is 0 Å². The van der Waals surface area contributed by atoms with Crippen LogP contribution in [0.4, 0.5) is 0 Å². The molecule has 0 aliphatic rings. The molecule has 0 spiro atoms. The summed E-state index contributed by atoms with van der Waals surface area (Å²) in [5.41, 5.74) is 1.65. The third kappa shape index (κ3) is 7.69. The number of rotatable bonds is 9. The minimum atomic E-state index is -0.516. The van der Waals surface area contributed by atoms with E-state index in [-0.39, 0.29) is 23.1 Å². The predicted octanol–water partition coefficient (Wildman–Crippen LogP) is 5.30. The standard InChI is InChI=1S/C24H31ClN2O2S/c1-5-21(23(29)26-24(2,3)4)27(15-18-11-7-6-8-12-18)22(28)17-30-16-19-13-9-10-14-20(19)25/h6-14,21H,5,15-17H2,1-4H3,(H,26,29). The number of halogens is 1. The highest BCUT2D eigenvalue weighted by Crippen LogP contribution is 2.22. The molecule has 2 aromatic rings. The van der Waals surface area contributed by atoms with Crippen molar-refractivity contribution < 1.29 is 9.59 Å². The Morgan fingerprint density at radius 2 is 1.70 bits per heavy atom. The summed E-state index contributed by atoms with van der Waals surface area (Å²) < 4.78 is 0. The van der Waals surface area contributed by atoms with Crippen LogP contribution < -0.4 is 5.32 Å². The van der Waals surface area contributed by atoms with Crippen LogP contribution in [-0.2, 0) is 21.9 Å². The first-order valence-corrected chi connectivity index (χ1v) is 11.7. The van der Waals surface area contributed by atoms with Gasteiger partial charge in [-0.05, 0) is 44.4 Å². The van der Waals surface area contributed by atoms with E-state index in [4.69, 9.17) is 11.6 Å². The maximum atomic E-state index is 13.2. The zero-order valence-corrected chi connectivity index (χ0v) is 19.7. The minimum absolute atomic E-state index is 0.0492. The third-order valence-electron chi connectivity index (χ3n) is 4.52. The van der Waals surface area contributed by atoms with Crippen LogP contribution in [-0.4, -0.2) is 34.0 Å². The molecule has 1 N–H and O–H groups in total. The monoisotopic (exact) mass is 446 g/mol. The number of carbonyl (C=O) groups is 2. The van der Waals surface area contributed by atoms with Crippen molar-refractivity contribution in [1.29, 1.82) is 0 Å². The van der Waals surface area contributed by atoms with Crippen molar-refractivity contribution in [2.45, 2.75) is 58.0 Å². The molecule has 0 aliphatic heterocycles. The summed E-state index contributed by atoms with van der Waals surface area (Å²) in [4.78, 5) is 27.8. The van der Waals surface area contributed by atoms with Crippen LogP contribution in [0.25, 0.3) is 0 Å². The number of amides is 2. The molecule has 162 valence electrons. The topological polar surface area (TPSA) is 49.4 Å². The van der Waals surface area contributed by atoms with Crippen molar-refractivity contribution in [3.63, 3.8) is 0 Å². The van der Waals surface area contributed by atoms with Gasteiger partial charge < -0.3 is 10.2 Å². The molecule has 0 aromatic heterocycles. The fourth-order valence-corrected chi connectivity index (χ4v) is 4.30. The van der Waals surface area contributed by atoms with Crippen molar-refractivity contribution in [2.24, 2.45) is 0 Å². The highest BCUT2D eigenvalue weighted by Gasteiger charge is 2.30. The van der Waals surface area contributed by atoms with Crippen LogP contribution in [0.5, 0.6) is 0 Å². The summed E-state index contributed by atoms with van der Waals surface area (Å²) in [6.45, 7) is 8.18. The number of nitrogens with zero attached hydrogens (tertiary/aromatic N) is 1. The van der Waals surface area contributed by atoms with Gasteiger partial charge in [-0.1, -0.05) is 67.1 Å². The average molecular weight is 447 g/mol. The van der Waals surface area contributed by atoms with Crippen molar-refractivity contribution in [3.8, 4) is 0 Å². The molecule has 2 rings (SSSR count). The molecule has 2 amide bonds. The Morgan fingerprint density at radius 1 is 1.07 bits per heavy atom. The number of carbonyl (C=O) groups excluding carboxylic acids is 2. The zero-order chi connectivity index (χ0) is 22.1. The van der Waals surface area contributed by atoms with Crippen molar-refractivity contribution in [1.82, 2.24) is 10.2 Å². The molecular formula is C24H31ClN2O2S. The van der Waals surface area contributed by atoms with Crippen LogP contribution in [0.1, 0.15) is 45.2 Å². The Hall–Kier alpha value is -1.98. The molecule has 0 fully saturated rings. The Bertz CT molecular complexity index is 837. The lowest BCUT2D eigenvalue weighted by molar-refractivity contribution is -0.140. The maximum Gasteiger partial charge on any atom is 0.243 e. The van der Waals surface area contributed by atoms with Crippen molar-refractivity contribution >= 4 is 35.2 Å². The van der Waals surface area contributed by atoms with Crippen molar-refractivity contribution in [2.75, 3.05) is 5.75 Å². The first-order chi connectivity index (χ1) is 14.2. The van der Waals surface area contributed by atoms with Crippen LogP contribution in [0.15, 0.2) is 54.6 Å². The smallest absolute Gasteiger partial charge is 0.243 e. The molecule has 0 bridgehead atoms. The lowest BCUT2D eigenvalue weighted by Gasteiger charge is -2.33. The Kier molecular flexibility index (Phi) is 9.25. The van der Waals surface area contributed by atoms with Gasteiger partial charge in [0.15, 0.2) is 0 Å². The largest absolute Gasteiger partial charge is 0.350 e. The summed E-state index contributed by atoms with van der Waals surface area (Å²) in [6.07, 6.45) is 0.551. The molecule has 2 aromatic carbocycles. The number of benzene rings is 2. The normalized spacial score (nSPS) is 12.3. The van der Waals surface area contributed by atoms with E-state index in [9.17, 15) is 9.59 Å². The van der Waals surface area contributed by atoms with Gasteiger partial charge in [0.1, 0.15) is 6.04 Å². The Balaban J connectivity index is 2.13. The van der Waals surface area contributed by atoms with Gasteiger partial charge in [-0.2, -0.15) is 0 Å². The molecule has 0 aliphatic carbocycles. The van der Waals surface area contributed by atoms with E-state index >= 15 is 0 Å². The second-order valence-electron chi connectivity index (χ2n) is 8.25. The maximum absolute atomic E-state index is 13.2. The third-order valence-corrected chi connectivity index (χ3v) is 5.86. The molecule has 4 nitrogen and oxygen atoms in total. The average Bonchev–Trinajstić information content (AvgIpc) is 2.68. The zero-order valence-electron chi connectivity index (χ0n) is 18.2. The predicted molar refractivity (Wildman–Crippen MR) is 127 cm³/mol. The van der Waals surface area contributed by atoms with Gasteiger partial charge in [-0.25, -0.2) is 0 Å². The summed E-state index contributed by atoms with van der Waals surface area (Å²) in [5, 5.41) is 3.73. The second kappa shape index (κ2) is 11.4. The van der Waals surface area contributed by atoms with Crippen molar-refractivity contribution in [3.05, 3.63) is 70.7 Å². The van der Waals surface area contributed by atoms with Crippen LogP contribution in [0.2, 0.25) is 5.02 Å². The number of hydrogen-bond acceptors (Lipinski definition) is 3. The lowest BCUT2D eigenvalue weighted by atomic mass is 10.1. The first-order valence-electron chi connectivity index (χ1n) is 10.2. The molecule has 0 radical (unpaired) electrons. The summed E-state index contributed by atoms with van der Waals surface area (Å²) in [5.74, 6) is 0.768. The summed E-state index contributed by atoms with van der Waals surface area (Å²) in [7, 11) is 0. The van der Waals surface area contributed by atoms with Crippen LogP contribution in [0.3, 0.4) is 0 Å². The van der Waals surface area contributed by atoms with Gasteiger partial charge in [0, 0.05) is 22.9 Å². The molecule has 0 saturated carbocycles. The molecule has 6 heteroatoms. The van der Waals surface area contributed by atoms with Gasteiger partial charge >= 0.3 is 0 Å². The van der Waals surface area contributed by atoms with Crippen LogP contribution >= 0.6 is 23.4 Å². The number of nitrogens with one attached hydrogen (secondary N) is 1. The molecular weight excluding hydrogens is 416 g/mol. The Labute approximate surface area is 189 Å². The minimum Gasteiger partial charge on any atom is -0.350 e. The van der Waals surface area contributed by atoms with E-state index in [1.54, 1.807) is 4.90 Å². The van der Waals surface area contributed by atoms with Gasteiger partial charge in [-0.3, -0.25) is 9.59 Å².